The number of nitrogens with one attached hydrogen (secondary N) is 1. The lowest BCUT2D eigenvalue weighted by Gasteiger charge is -2.14. The Morgan fingerprint density at radius 1 is 1.21 bits per heavy atom. The van der Waals surface area contributed by atoms with Crippen LogP contribution < -0.4 is 14.8 Å². The van der Waals surface area contributed by atoms with Crippen LogP contribution >= 0.6 is 0 Å². The Balaban J connectivity index is 2.40. The van der Waals surface area contributed by atoms with Crippen LogP contribution in [-0.2, 0) is 6.42 Å². The van der Waals surface area contributed by atoms with Crippen molar-refractivity contribution in [1.29, 1.82) is 0 Å². The maximum atomic E-state index is 5.80. The molecular weight excluding hydrogens is 238 g/mol. The average molecular weight is 265 g/mol. The minimum Gasteiger partial charge on any atom is -0.493 e. The molecule has 0 spiro atoms. The molecule has 0 amide bonds. The molecule has 1 atom stereocenters. The van der Waals surface area contributed by atoms with E-state index in [1.54, 1.807) is 7.11 Å². The number of aryl methyl sites for hydroxylation is 1. The lowest BCUT2D eigenvalue weighted by molar-refractivity contribution is 0.280. The van der Waals surface area contributed by atoms with E-state index in [2.05, 4.69) is 38.2 Å². The van der Waals surface area contributed by atoms with Gasteiger partial charge in [0.15, 0.2) is 11.5 Å². The molecule has 1 N–H and O–H groups in total. The lowest BCUT2D eigenvalue weighted by atomic mass is 10.1. The van der Waals surface area contributed by atoms with Gasteiger partial charge in [-0.1, -0.05) is 19.9 Å². The second-order valence-corrected chi connectivity index (χ2v) is 4.79. The molecule has 0 bridgehead atoms. The number of rotatable bonds is 9. The SMILES string of the molecule is CCNC(C)CCCOc1ccc(CC)cc1OC. The molecule has 1 unspecified atom stereocenters. The van der Waals surface area contributed by atoms with Crippen LogP contribution in [0.2, 0.25) is 0 Å². The Morgan fingerprint density at radius 3 is 2.63 bits per heavy atom. The summed E-state index contributed by atoms with van der Waals surface area (Å²) in [5.74, 6) is 1.68. The van der Waals surface area contributed by atoms with Gasteiger partial charge in [-0.2, -0.15) is 0 Å². The van der Waals surface area contributed by atoms with Crippen LogP contribution in [0.4, 0.5) is 0 Å². The quantitative estimate of drug-likeness (QED) is 0.694. The van der Waals surface area contributed by atoms with E-state index < -0.39 is 0 Å². The average Bonchev–Trinajstić information content (AvgIpc) is 2.44. The molecule has 0 aliphatic carbocycles. The number of ether oxygens (including phenoxy) is 2. The molecule has 1 aromatic carbocycles. The van der Waals surface area contributed by atoms with Crippen LogP contribution in [-0.4, -0.2) is 26.3 Å². The molecule has 3 nitrogen and oxygen atoms in total. The highest BCUT2D eigenvalue weighted by atomic mass is 16.5. The van der Waals surface area contributed by atoms with Crippen LogP contribution in [0.25, 0.3) is 0 Å². The van der Waals surface area contributed by atoms with E-state index in [4.69, 9.17) is 9.47 Å². The number of hydrogen-bond donors (Lipinski definition) is 1. The van der Waals surface area contributed by atoms with Crippen molar-refractivity contribution in [2.24, 2.45) is 0 Å². The zero-order valence-corrected chi connectivity index (χ0v) is 12.7. The minimum absolute atomic E-state index is 0.554. The third kappa shape index (κ3) is 5.52. The van der Waals surface area contributed by atoms with Crippen molar-refractivity contribution < 1.29 is 9.47 Å². The highest BCUT2D eigenvalue weighted by Crippen LogP contribution is 2.28. The minimum atomic E-state index is 0.554. The molecule has 0 aliphatic rings. The Labute approximate surface area is 117 Å². The Hall–Kier alpha value is -1.22. The van der Waals surface area contributed by atoms with Gasteiger partial charge < -0.3 is 14.8 Å². The Kier molecular flexibility index (Phi) is 7.34. The van der Waals surface area contributed by atoms with Gasteiger partial charge in [-0.25, -0.2) is 0 Å². The third-order valence-electron chi connectivity index (χ3n) is 3.23. The summed E-state index contributed by atoms with van der Waals surface area (Å²) >= 11 is 0. The maximum Gasteiger partial charge on any atom is 0.161 e. The topological polar surface area (TPSA) is 30.5 Å². The predicted molar refractivity (Wildman–Crippen MR) is 80.2 cm³/mol. The standard InChI is InChI=1S/C16H27NO2/c1-5-14-9-10-15(16(12-14)18-4)19-11-7-8-13(3)17-6-2/h9-10,12-13,17H,5-8,11H2,1-4H3. The summed E-state index contributed by atoms with van der Waals surface area (Å²) < 4.78 is 11.2. The molecule has 0 aliphatic heterocycles. The molecule has 19 heavy (non-hydrogen) atoms. The van der Waals surface area contributed by atoms with Gasteiger partial charge in [0.25, 0.3) is 0 Å². The van der Waals surface area contributed by atoms with Gasteiger partial charge in [0, 0.05) is 6.04 Å². The van der Waals surface area contributed by atoms with E-state index in [-0.39, 0.29) is 0 Å². The molecular formula is C16H27NO2. The molecule has 0 saturated carbocycles. The molecule has 0 fully saturated rings. The van der Waals surface area contributed by atoms with Gasteiger partial charge in [0.2, 0.25) is 0 Å². The first-order valence-corrected chi connectivity index (χ1v) is 7.24. The van der Waals surface area contributed by atoms with Crippen molar-refractivity contribution in [1.82, 2.24) is 5.32 Å². The monoisotopic (exact) mass is 265 g/mol. The zero-order chi connectivity index (χ0) is 14.1. The molecule has 0 heterocycles. The summed E-state index contributed by atoms with van der Waals surface area (Å²) in [6, 6.07) is 6.71. The summed E-state index contributed by atoms with van der Waals surface area (Å²) in [4.78, 5) is 0. The van der Waals surface area contributed by atoms with Crippen molar-refractivity contribution in [3.05, 3.63) is 23.8 Å². The Morgan fingerprint density at radius 2 is 2.00 bits per heavy atom. The van der Waals surface area contributed by atoms with E-state index in [9.17, 15) is 0 Å². The van der Waals surface area contributed by atoms with Gasteiger partial charge in [0.1, 0.15) is 0 Å². The van der Waals surface area contributed by atoms with Crippen molar-refractivity contribution in [3.63, 3.8) is 0 Å². The van der Waals surface area contributed by atoms with E-state index in [1.807, 2.05) is 6.07 Å². The van der Waals surface area contributed by atoms with Crippen molar-refractivity contribution in [2.75, 3.05) is 20.3 Å². The normalized spacial score (nSPS) is 12.2. The number of hydrogen-bond acceptors (Lipinski definition) is 3. The van der Waals surface area contributed by atoms with Crippen LogP contribution in [0.5, 0.6) is 11.5 Å². The first-order valence-electron chi connectivity index (χ1n) is 7.24. The fourth-order valence-electron chi connectivity index (χ4n) is 2.07. The van der Waals surface area contributed by atoms with Crippen LogP contribution in [0.15, 0.2) is 18.2 Å². The van der Waals surface area contributed by atoms with Gasteiger partial charge in [0.05, 0.1) is 13.7 Å². The number of benzene rings is 1. The van der Waals surface area contributed by atoms with Crippen LogP contribution in [0.3, 0.4) is 0 Å². The summed E-state index contributed by atoms with van der Waals surface area (Å²) in [7, 11) is 1.69. The van der Waals surface area contributed by atoms with E-state index in [1.165, 1.54) is 5.56 Å². The lowest BCUT2D eigenvalue weighted by Crippen LogP contribution is -2.25. The third-order valence-corrected chi connectivity index (χ3v) is 3.23. The Bertz CT molecular complexity index is 366. The van der Waals surface area contributed by atoms with Crippen molar-refractivity contribution in [3.8, 4) is 11.5 Å². The van der Waals surface area contributed by atoms with Gasteiger partial charge >= 0.3 is 0 Å². The highest BCUT2D eigenvalue weighted by Gasteiger charge is 2.05. The van der Waals surface area contributed by atoms with Gasteiger partial charge in [-0.3, -0.25) is 0 Å². The second-order valence-electron chi connectivity index (χ2n) is 4.79. The molecule has 1 rings (SSSR count). The molecule has 0 radical (unpaired) electrons. The second kappa shape index (κ2) is 8.81. The fourth-order valence-corrected chi connectivity index (χ4v) is 2.07. The summed E-state index contributed by atoms with van der Waals surface area (Å²) in [5.41, 5.74) is 1.27. The van der Waals surface area contributed by atoms with Crippen molar-refractivity contribution >= 4 is 0 Å². The molecule has 1 aromatic rings. The maximum absolute atomic E-state index is 5.80. The van der Waals surface area contributed by atoms with Crippen LogP contribution in [0, 0.1) is 0 Å². The zero-order valence-electron chi connectivity index (χ0n) is 12.7. The first-order chi connectivity index (χ1) is 9.21. The molecule has 0 aromatic heterocycles. The molecule has 0 saturated heterocycles. The van der Waals surface area contributed by atoms with E-state index in [0.29, 0.717) is 6.04 Å². The molecule has 3 heteroatoms. The van der Waals surface area contributed by atoms with E-state index >= 15 is 0 Å². The predicted octanol–water partition coefficient (Wildman–Crippen LogP) is 3.41. The summed E-state index contributed by atoms with van der Waals surface area (Å²) in [6.45, 7) is 8.23. The summed E-state index contributed by atoms with van der Waals surface area (Å²) in [5, 5.41) is 3.40. The molecule has 108 valence electrons. The highest BCUT2D eigenvalue weighted by molar-refractivity contribution is 5.42. The fraction of sp³-hybridized carbons (Fsp3) is 0.625. The van der Waals surface area contributed by atoms with Crippen molar-refractivity contribution in [2.45, 2.75) is 46.1 Å². The van der Waals surface area contributed by atoms with E-state index in [0.717, 1.165) is 43.9 Å². The van der Waals surface area contributed by atoms with Crippen LogP contribution in [0.1, 0.15) is 39.2 Å². The number of methoxy groups -OCH3 is 1. The van der Waals surface area contributed by atoms with Gasteiger partial charge in [-0.05, 0) is 50.4 Å². The summed E-state index contributed by atoms with van der Waals surface area (Å²) in [6.07, 6.45) is 3.19. The van der Waals surface area contributed by atoms with Gasteiger partial charge in [-0.15, -0.1) is 0 Å². The first kappa shape index (κ1) is 15.8. The smallest absolute Gasteiger partial charge is 0.161 e. The largest absolute Gasteiger partial charge is 0.493 e.